The maximum Gasteiger partial charge on any atom is 0.257 e. The van der Waals surface area contributed by atoms with Crippen LogP contribution in [0, 0.1) is 0 Å². The van der Waals surface area contributed by atoms with E-state index >= 15 is 0 Å². The first-order valence-electron chi connectivity index (χ1n) is 11.1. The highest BCUT2D eigenvalue weighted by Crippen LogP contribution is 2.25. The number of hydrogen-bond donors (Lipinski definition) is 2. The van der Waals surface area contributed by atoms with Crippen LogP contribution in [-0.2, 0) is 23.2 Å². The summed E-state index contributed by atoms with van der Waals surface area (Å²) < 4.78 is 37.0. The van der Waals surface area contributed by atoms with Crippen LogP contribution in [0.4, 0.5) is 11.5 Å². The molecular weight excluding hydrogens is 478 g/mol. The quantitative estimate of drug-likeness (QED) is 0.320. The summed E-state index contributed by atoms with van der Waals surface area (Å²) in [6.07, 6.45) is 2.37. The van der Waals surface area contributed by atoms with Gasteiger partial charge in [0.2, 0.25) is 10.0 Å². The fourth-order valence-corrected chi connectivity index (χ4v) is 3.83. The fraction of sp³-hybridized carbons (Fsp3) is 0.111. The van der Waals surface area contributed by atoms with Crippen LogP contribution in [-0.4, -0.2) is 25.6 Å². The fourth-order valence-electron chi connectivity index (χ4n) is 3.28. The molecule has 4 aromatic rings. The molecule has 8 nitrogen and oxygen atoms in total. The standard InChI is InChI=1S/C27H25N3O5S/c1-36(32,33)30-23-12-13-26(28-17-23)29-27(31)22-14-24(34-18-20-8-4-2-5-9-20)16-25(15-22)35-19-21-10-6-3-7-11-21/h2-17,30H,18-19H2,1H3,(H,28,29,31). The van der Waals surface area contributed by atoms with Crippen molar-refractivity contribution in [2.24, 2.45) is 0 Å². The van der Waals surface area contributed by atoms with Gasteiger partial charge in [0.1, 0.15) is 30.5 Å². The molecule has 36 heavy (non-hydrogen) atoms. The smallest absolute Gasteiger partial charge is 0.257 e. The lowest BCUT2D eigenvalue weighted by atomic mass is 10.1. The van der Waals surface area contributed by atoms with E-state index in [-0.39, 0.29) is 5.82 Å². The van der Waals surface area contributed by atoms with E-state index in [2.05, 4.69) is 15.0 Å². The molecule has 0 atom stereocenters. The predicted octanol–water partition coefficient (Wildman–Crippen LogP) is 4.86. The minimum absolute atomic E-state index is 0.265. The lowest BCUT2D eigenvalue weighted by Crippen LogP contribution is -2.14. The maximum atomic E-state index is 13.0. The second-order valence-corrected chi connectivity index (χ2v) is 9.75. The van der Waals surface area contributed by atoms with E-state index in [0.717, 1.165) is 17.4 Å². The number of amides is 1. The van der Waals surface area contributed by atoms with E-state index in [1.165, 1.54) is 18.3 Å². The van der Waals surface area contributed by atoms with Crippen molar-refractivity contribution in [2.75, 3.05) is 16.3 Å². The zero-order valence-electron chi connectivity index (χ0n) is 19.5. The predicted molar refractivity (Wildman–Crippen MR) is 139 cm³/mol. The Morgan fingerprint density at radius 2 is 1.36 bits per heavy atom. The Morgan fingerprint density at radius 3 is 1.83 bits per heavy atom. The van der Waals surface area contributed by atoms with Crippen molar-refractivity contribution < 1.29 is 22.7 Å². The summed E-state index contributed by atoms with van der Waals surface area (Å²) in [4.78, 5) is 17.1. The molecule has 9 heteroatoms. The first-order valence-corrected chi connectivity index (χ1v) is 13.0. The van der Waals surface area contributed by atoms with Crippen LogP contribution >= 0.6 is 0 Å². The Kier molecular flexibility index (Phi) is 7.82. The molecule has 0 bridgehead atoms. The summed E-state index contributed by atoms with van der Waals surface area (Å²) in [7, 11) is -3.42. The van der Waals surface area contributed by atoms with Gasteiger partial charge in [-0.2, -0.15) is 0 Å². The lowest BCUT2D eigenvalue weighted by Gasteiger charge is -2.13. The third-order valence-corrected chi connectivity index (χ3v) is 5.55. The number of nitrogens with one attached hydrogen (secondary N) is 2. The van der Waals surface area contributed by atoms with Crippen molar-refractivity contribution in [3.05, 3.63) is 114 Å². The van der Waals surface area contributed by atoms with Crippen molar-refractivity contribution in [3.8, 4) is 11.5 Å². The van der Waals surface area contributed by atoms with E-state index in [1.807, 2.05) is 60.7 Å². The first kappa shape index (κ1) is 24.7. The molecule has 0 spiro atoms. The minimum atomic E-state index is -3.42. The molecule has 0 radical (unpaired) electrons. The number of pyridine rings is 1. The van der Waals surface area contributed by atoms with Crippen molar-refractivity contribution >= 4 is 27.4 Å². The van der Waals surface area contributed by atoms with Gasteiger partial charge in [-0.1, -0.05) is 60.7 Å². The molecule has 1 amide bonds. The minimum Gasteiger partial charge on any atom is -0.489 e. The molecule has 0 aliphatic rings. The number of anilines is 2. The number of rotatable bonds is 10. The Bertz CT molecular complexity index is 1350. The number of aromatic nitrogens is 1. The topological polar surface area (TPSA) is 107 Å². The third kappa shape index (κ3) is 7.57. The molecule has 184 valence electrons. The van der Waals surface area contributed by atoms with E-state index in [0.29, 0.717) is 36.0 Å². The van der Waals surface area contributed by atoms with E-state index in [1.54, 1.807) is 18.2 Å². The molecule has 0 aliphatic carbocycles. The summed E-state index contributed by atoms with van der Waals surface area (Å²) >= 11 is 0. The zero-order chi connectivity index (χ0) is 25.4. The molecular formula is C27H25N3O5S. The average molecular weight is 504 g/mol. The highest BCUT2D eigenvalue weighted by Gasteiger charge is 2.13. The van der Waals surface area contributed by atoms with Crippen LogP contribution < -0.4 is 19.5 Å². The molecule has 0 saturated carbocycles. The number of ether oxygens (including phenoxy) is 2. The number of benzene rings is 3. The maximum absolute atomic E-state index is 13.0. The van der Waals surface area contributed by atoms with Crippen LogP contribution in [0.1, 0.15) is 21.5 Å². The highest BCUT2D eigenvalue weighted by atomic mass is 32.2. The second kappa shape index (κ2) is 11.4. The molecule has 1 heterocycles. The highest BCUT2D eigenvalue weighted by molar-refractivity contribution is 7.92. The molecule has 0 saturated heterocycles. The number of sulfonamides is 1. The zero-order valence-corrected chi connectivity index (χ0v) is 20.4. The van der Waals surface area contributed by atoms with Crippen LogP contribution in [0.3, 0.4) is 0 Å². The molecule has 0 fully saturated rings. The van der Waals surface area contributed by atoms with Gasteiger partial charge in [0.25, 0.3) is 5.91 Å². The van der Waals surface area contributed by atoms with E-state index in [9.17, 15) is 13.2 Å². The van der Waals surface area contributed by atoms with Gasteiger partial charge < -0.3 is 14.8 Å². The van der Waals surface area contributed by atoms with Crippen LogP contribution in [0.2, 0.25) is 0 Å². The lowest BCUT2D eigenvalue weighted by molar-refractivity contribution is 0.102. The number of nitrogens with zero attached hydrogens (tertiary/aromatic N) is 1. The van der Waals surface area contributed by atoms with Gasteiger partial charge in [0.05, 0.1) is 18.1 Å². The number of hydrogen-bond acceptors (Lipinski definition) is 6. The van der Waals surface area contributed by atoms with Crippen LogP contribution in [0.15, 0.2) is 97.2 Å². The largest absolute Gasteiger partial charge is 0.489 e. The SMILES string of the molecule is CS(=O)(=O)Nc1ccc(NC(=O)c2cc(OCc3ccccc3)cc(OCc3ccccc3)c2)nc1. The molecule has 2 N–H and O–H groups in total. The monoisotopic (exact) mass is 503 g/mol. The molecule has 1 aromatic heterocycles. The van der Waals surface area contributed by atoms with Gasteiger partial charge in [-0.05, 0) is 35.4 Å². The van der Waals surface area contributed by atoms with Gasteiger partial charge in [-0.15, -0.1) is 0 Å². The summed E-state index contributed by atoms with van der Waals surface area (Å²) in [5, 5.41) is 2.71. The van der Waals surface area contributed by atoms with Crippen molar-refractivity contribution in [3.63, 3.8) is 0 Å². The van der Waals surface area contributed by atoms with Gasteiger partial charge >= 0.3 is 0 Å². The Hall–Kier alpha value is -4.37. The van der Waals surface area contributed by atoms with Crippen molar-refractivity contribution in [1.82, 2.24) is 4.98 Å². The van der Waals surface area contributed by atoms with Crippen LogP contribution in [0.25, 0.3) is 0 Å². The molecule has 4 rings (SSSR count). The Balaban J connectivity index is 1.51. The summed E-state index contributed by atoms with van der Waals surface area (Å²) in [6, 6.07) is 27.4. The van der Waals surface area contributed by atoms with E-state index in [4.69, 9.17) is 9.47 Å². The number of carbonyl (C=O) groups is 1. The summed E-state index contributed by atoms with van der Waals surface area (Å²) in [5.74, 6) is 0.813. The number of carbonyl (C=O) groups excluding carboxylic acids is 1. The van der Waals surface area contributed by atoms with Crippen LogP contribution in [0.5, 0.6) is 11.5 Å². The van der Waals surface area contributed by atoms with Crippen molar-refractivity contribution in [1.29, 1.82) is 0 Å². The van der Waals surface area contributed by atoms with Crippen molar-refractivity contribution in [2.45, 2.75) is 13.2 Å². The van der Waals surface area contributed by atoms with E-state index < -0.39 is 15.9 Å². The average Bonchev–Trinajstić information content (AvgIpc) is 2.88. The van der Waals surface area contributed by atoms with Gasteiger partial charge in [-0.25, -0.2) is 13.4 Å². The van der Waals surface area contributed by atoms with Gasteiger partial charge in [-0.3, -0.25) is 9.52 Å². The third-order valence-electron chi connectivity index (χ3n) is 4.95. The Labute approximate surface area is 210 Å². The second-order valence-electron chi connectivity index (χ2n) is 8.00. The summed E-state index contributed by atoms with van der Waals surface area (Å²) in [5.41, 5.74) is 2.60. The molecule has 3 aromatic carbocycles. The molecule has 0 aliphatic heterocycles. The normalized spacial score (nSPS) is 10.9. The van der Waals surface area contributed by atoms with Gasteiger partial charge in [0, 0.05) is 11.6 Å². The van der Waals surface area contributed by atoms with Gasteiger partial charge in [0.15, 0.2) is 0 Å². The first-order chi connectivity index (χ1) is 17.3. The molecule has 0 unspecified atom stereocenters. The Morgan fingerprint density at radius 1 is 0.806 bits per heavy atom. The summed E-state index contributed by atoms with van der Waals surface area (Å²) in [6.45, 7) is 0.667.